The lowest BCUT2D eigenvalue weighted by Gasteiger charge is -2.01. The van der Waals surface area contributed by atoms with Gasteiger partial charge >= 0.3 is 0 Å². The van der Waals surface area contributed by atoms with Crippen LogP contribution in [0.25, 0.3) is 5.70 Å². The summed E-state index contributed by atoms with van der Waals surface area (Å²) in [5.41, 5.74) is 6.83. The summed E-state index contributed by atoms with van der Waals surface area (Å²) >= 11 is 0. The van der Waals surface area contributed by atoms with Crippen LogP contribution in [0.15, 0.2) is 31.1 Å². The molecule has 1 aromatic rings. The zero-order valence-corrected chi connectivity index (χ0v) is 7.07. The molecule has 1 aromatic heterocycles. The normalized spacial score (nSPS) is 12.5. The number of nitrogens with two attached hydrogens (primary N) is 1. The first-order chi connectivity index (χ1) is 5.61. The number of pyridine rings is 1. The lowest BCUT2D eigenvalue weighted by Crippen LogP contribution is -2.37. The van der Waals surface area contributed by atoms with Crippen molar-refractivity contribution in [3.8, 4) is 0 Å². The minimum Gasteiger partial charge on any atom is -0.399 e. The molecule has 1 heterocycles. The van der Waals surface area contributed by atoms with Crippen molar-refractivity contribution in [1.82, 2.24) is 0 Å². The second-order valence-corrected chi connectivity index (χ2v) is 2.70. The zero-order valence-electron chi connectivity index (χ0n) is 7.07. The number of aliphatic hydroxyl groups excluding tert-OH is 1. The Kier molecular flexibility index (Phi) is 2.45. The molecule has 0 aromatic carbocycles. The van der Waals surface area contributed by atoms with E-state index in [9.17, 15) is 5.11 Å². The molecule has 0 saturated heterocycles. The van der Waals surface area contributed by atoms with Gasteiger partial charge in [0.2, 0.25) is 0 Å². The predicted octanol–water partition coefficient (Wildman–Crippen LogP) is 0.414. The molecule has 0 radical (unpaired) electrons. The second-order valence-electron chi connectivity index (χ2n) is 2.70. The summed E-state index contributed by atoms with van der Waals surface area (Å²) in [4.78, 5) is 0. The molecule has 0 spiro atoms. The Hall–Kier alpha value is -1.35. The second kappa shape index (κ2) is 3.36. The van der Waals surface area contributed by atoms with Crippen molar-refractivity contribution in [2.45, 2.75) is 13.2 Å². The van der Waals surface area contributed by atoms with E-state index in [-0.39, 0.29) is 0 Å². The number of hydrogen-bond donors (Lipinski definition) is 2. The van der Waals surface area contributed by atoms with Gasteiger partial charge in [0.25, 0.3) is 6.23 Å². The van der Waals surface area contributed by atoms with Crippen molar-refractivity contribution in [3.63, 3.8) is 0 Å². The molecule has 1 unspecified atom stereocenters. The molecule has 0 fully saturated rings. The average Bonchev–Trinajstić information content (AvgIpc) is 2.04. The highest BCUT2D eigenvalue weighted by atomic mass is 16.3. The molecule has 0 aliphatic heterocycles. The highest BCUT2D eigenvalue weighted by Crippen LogP contribution is 2.02. The third kappa shape index (κ3) is 1.83. The lowest BCUT2D eigenvalue weighted by atomic mass is 10.2. The number of aromatic nitrogens is 1. The van der Waals surface area contributed by atoms with Gasteiger partial charge in [-0.2, -0.15) is 4.57 Å². The Labute approximate surface area is 71.8 Å². The topological polar surface area (TPSA) is 50.1 Å². The van der Waals surface area contributed by atoms with Gasteiger partial charge in [-0.1, -0.05) is 6.58 Å². The van der Waals surface area contributed by atoms with Crippen molar-refractivity contribution in [2.75, 3.05) is 0 Å². The summed E-state index contributed by atoms with van der Waals surface area (Å²) < 4.78 is 1.66. The first-order valence-corrected chi connectivity index (χ1v) is 3.75. The van der Waals surface area contributed by atoms with Gasteiger partial charge in [0.05, 0.1) is 5.56 Å². The number of hydrogen-bond acceptors (Lipinski definition) is 2. The van der Waals surface area contributed by atoms with Gasteiger partial charge in [0, 0.05) is 18.7 Å². The Morgan fingerprint density at radius 1 is 1.75 bits per heavy atom. The summed E-state index contributed by atoms with van der Waals surface area (Å²) in [5, 5.41) is 9.22. The van der Waals surface area contributed by atoms with E-state index in [1.807, 2.05) is 12.1 Å². The SMILES string of the molecule is C=C(N)c1ccc[n+](C(C)O)c1. The Bertz CT molecular complexity index is 294. The van der Waals surface area contributed by atoms with E-state index in [4.69, 9.17) is 5.73 Å². The van der Waals surface area contributed by atoms with Gasteiger partial charge in [0.1, 0.15) is 0 Å². The number of rotatable bonds is 2. The first-order valence-electron chi connectivity index (χ1n) is 3.75. The van der Waals surface area contributed by atoms with Gasteiger partial charge in [-0.25, -0.2) is 0 Å². The summed E-state index contributed by atoms with van der Waals surface area (Å²) in [6.07, 6.45) is 2.99. The summed E-state index contributed by atoms with van der Waals surface area (Å²) in [5.74, 6) is 0. The van der Waals surface area contributed by atoms with Gasteiger partial charge in [-0.15, -0.1) is 0 Å². The molecule has 0 amide bonds. The summed E-state index contributed by atoms with van der Waals surface area (Å²) in [6.45, 7) is 5.29. The van der Waals surface area contributed by atoms with Gasteiger partial charge in [-0.3, -0.25) is 0 Å². The van der Waals surface area contributed by atoms with Crippen LogP contribution in [0.1, 0.15) is 18.7 Å². The highest BCUT2D eigenvalue weighted by Gasteiger charge is 2.07. The molecule has 3 N–H and O–H groups in total. The number of nitrogens with zero attached hydrogens (tertiary/aromatic N) is 1. The molecule has 3 heteroatoms. The zero-order chi connectivity index (χ0) is 9.14. The maximum atomic E-state index is 9.22. The lowest BCUT2D eigenvalue weighted by molar-refractivity contribution is -0.756. The molecule has 64 valence electrons. The Morgan fingerprint density at radius 3 is 2.92 bits per heavy atom. The van der Waals surface area contributed by atoms with Crippen LogP contribution in [0.3, 0.4) is 0 Å². The van der Waals surface area contributed by atoms with E-state index in [1.165, 1.54) is 0 Å². The van der Waals surface area contributed by atoms with Crippen LogP contribution in [0.2, 0.25) is 0 Å². The highest BCUT2D eigenvalue weighted by molar-refractivity contribution is 5.58. The molecule has 0 saturated carbocycles. The quantitative estimate of drug-likeness (QED) is 0.624. The number of aliphatic hydroxyl groups is 1. The molecule has 12 heavy (non-hydrogen) atoms. The average molecular weight is 165 g/mol. The maximum Gasteiger partial charge on any atom is 0.257 e. The third-order valence-electron chi connectivity index (χ3n) is 1.62. The van der Waals surface area contributed by atoms with E-state index in [2.05, 4.69) is 6.58 Å². The molecule has 0 aliphatic carbocycles. The maximum absolute atomic E-state index is 9.22. The van der Waals surface area contributed by atoms with Gasteiger partial charge in [-0.05, 0) is 6.07 Å². The molecular formula is C9H13N2O+. The van der Waals surface area contributed by atoms with Crippen LogP contribution in [0.5, 0.6) is 0 Å². The van der Waals surface area contributed by atoms with Crippen LogP contribution in [0, 0.1) is 0 Å². The fraction of sp³-hybridized carbons (Fsp3) is 0.222. The van der Waals surface area contributed by atoms with Crippen molar-refractivity contribution in [1.29, 1.82) is 0 Å². The van der Waals surface area contributed by atoms with Crippen LogP contribution >= 0.6 is 0 Å². The molecule has 0 aliphatic rings. The molecule has 1 atom stereocenters. The van der Waals surface area contributed by atoms with E-state index in [0.717, 1.165) is 5.56 Å². The van der Waals surface area contributed by atoms with Gasteiger partial charge < -0.3 is 10.8 Å². The fourth-order valence-electron chi connectivity index (χ4n) is 0.915. The molecular weight excluding hydrogens is 152 g/mol. The third-order valence-corrected chi connectivity index (χ3v) is 1.62. The standard InChI is InChI=1S/C9H13N2O/c1-7(10)9-4-3-5-11(6-9)8(2)12/h3-6,8,12H,1,10H2,2H3/q+1. The van der Waals surface area contributed by atoms with Crippen molar-refractivity contribution < 1.29 is 9.67 Å². The molecule has 1 rings (SSSR count). The van der Waals surface area contributed by atoms with Crippen molar-refractivity contribution in [3.05, 3.63) is 36.7 Å². The minimum atomic E-state index is -0.538. The van der Waals surface area contributed by atoms with Crippen LogP contribution in [0.4, 0.5) is 0 Å². The smallest absolute Gasteiger partial charge is 0.257 e. The van der Waals surface area contributed by atoms with E-state index in [0.29, 0.717) is 5.70 Å². The van der Waals surface area contributed by atoms with Crippen molar-refractivity contribution in [2.24, 2.45) is 5.73 Å². The van der Waals surface area contributed by atoms with E-state index >= 15 is 0 Å². The largest absolute Gasteiger partial charge is 0.399 e. The predicted molar refractivity (Wildman–Crippen MR) is 46.8 cm³/mol. The first kappa shape index (κ1) is 8.74. The Balaban J connectivity index is 3.04. The van der Waals surface area contributed by atoms with E-state index in [1.54, 1.807) is 23.9 Å². The van der Waals surface area contributed by atoms with Crippen LogP contribution in [-0.4, -0.2) is 5.11 Å². The summed E-state index contributed by atoms with van der Waals surface area (Å²) in [6, 6.07) is 3.67. The van der Waals surface area contributed by atoms with Crippen LogP contribution in [-0.2, 0) is 0 Å². The summed E-state index contributed by atoms with van der Waals surface area (Å²) in [7, 11) is 0. The van der Waals surface area contributed by atoms with E-state index < -0.39 is 6.23 Å². The Morgan fingerprint density at radius 2 is 2.42 bits per heavy atom. The molecule has 3 nitrogen and oxygen atoms in total. The van der Waals surface area contributed by atoms with Gasteiger partial charge in [0.15, 0.2) is 12.4 Å². The van der Waals surface area contributed by atoms with Crippen LogP contribution < -0.4 is 10.3 Å². The molecule has 0 bridgehead atoms. The monoisotopic (exact) mass is 165 g/mol. The minimum absolute atomic E-state index is 0.505. The van der Waals surface area contributed by atoms with Crippen molar-refractivity contribution >= 4 is 5.70 Å². The fourth-order valence-corrected chi connectivity index (χ4v) is 0.915.